The second kappa shape index (κ2) is 10.7. The van der Waals surface area contributed by atoms with E-state index in [1.807, 2.05) is 35.8 Å². The highest BCUT2D eigenvalue weighted by Crippen LogP contribution is 2.21. The Morgan fingerprint density at radius 1 is 1.12 bits per heavy atom. The van der Waals surface area contributed by atoms with Crippen molar-refractivity contribution in [2.75, 3.05) is 32.1 Å². The SMILES string of the molecule is CCOCCCn1c(NC(=O)CN(C)S(=O)(=O)c2ccc(C(C)=O)cc2)nc2ccccc21. The van der Waals surface area contributed by atoms with Crippen molar-refractivity contribution in [1.82, 2.24) is 13.9 Å². The molecule has 0 spiro atoms. The number of ether oxygens (including phenoxy) is 1. The monoisotopic (exact) mass is 472 g/mol. The summed E-state index contributed by atoms with van der Waals surface area (Å²) < 4.78 is 33.9. The van der Waals surface area contributed by atoms with Crippen LogP contribution in [0.2, 0.25) is 0 Å². The number of fused-ring (bicyclic) bond motifs is 1. The van der Waals surface area contributed by atoms with Crippen molar-refractivity contribution in [1.29, 1.82) is 0 Å². The van der Waals surface area contributed by atoms with E-state index in [2.05, 4.69) is 10.3 Å². The topological polar surface area (TPSA) is 111 Å². The largest absolute Gasteiger partial charge is 0.382 e. The summed E-state index contributed by atoms with van der Waals surface area (Å²) in [7, 11) is -2.57. The molecule has 0 saturated carbocycles. The minimum absolute atomic E-state index is 0.00552. The molecule has 0 atom stereocenters. The number of hydrogen-bond acceptors (Lipinski definition) is 6. The zero-order chi connectivity index (χ0) is 24.0. The first kappa shape index (κ1) is 24.6. The molecule has 0 saturated heterocycles. The molecule has 0 radical (unpaired) electrons. The Labute approximate surface area is 193 Å². The molecule has 176 valence electrons. The van der Waals surface area contributed by atoms with Crippen LogP contribution < -0.4 is 5.32 Å². The maximum absolute atomic E-state index is 12.8. The van der Waals surface area contributed by atoms with Gasteiger partial charge in [0.05, 0.1) is 22.5 Å². The number of nitrogens with one attached hydrogen (secondary N) is 1. The van der Waals surface area contributed by atoms with Gasteiger partial charge in [-0.25, -0.2) is 13.4 Å². The summed E-state index contributed by atoms with van der Waals surface area (Å²) >= 11 is 0. The minimum atomic E-state index is -3.91. The van der Waals surface area contributed by atoms with Gasteiger partial charge in [-0.05, 0) is 44.5 Å². The number of amides is 1. The maximum Gasteiger partial charge on any atom is 0.243 e. The van der Waals surface area contributed by atoms with Gasteiger partial charge in [-0.15, -0.1) is 0 Å². The Hall–Kier alpha value is -3.08. The van der Waals surface area contributed by atoms with Crippen LogP contribution in [-0.2, 0) is 26.1 Å². The molecule has 3 aromatic rings. The molecule has 2 aromatic carbocycles. The molecule has 0 aliphatic carbocycles. The van der Waals surface area contributed by atoms with Gasteiger partial charge in [0.25, 0.3) is 0 Å². The zero-order valence-electron chi connectivity index (χ0n) is 18.9. The van der Waals surface area contributed by atoms with E-state index >= 15 is 0 Å². The van der Waals surface area contributed by atoms with E-state index in [0.29, 0.717) is 31.3 Å². The van der Waals surface area contributed by atoms with E-state index in [9.17, 15) is 18.0 Å². The van der Waals surface area contributed by atoms with Crippen LogP contribution in [0.4, 0.5) is 5.95 Å². The van der Waals surface area contributed by atoms with Crippen LogP contribution in [0.25, 0.3) is 11.0 Å². The third-order valence-corrected chi connectivity index (χ3v) is 6.93. The number of anilines is 1. The molecule has 3 rings (SSSR count). The number of hydrogen-bond donors (Lipinski definition) is 1. The predicted molar refractivity (Wildman–Crippen MR) is 126 cm³/mol. The fourth-order valence-electron chi connectivity index (χ4n) is 3.36. The minimum Gasteiger partial charge on any atom is -0.382 e. The van der Waals surface area contributed by atoms with Gasteiger partial charge in [-0.2, -0.15) is 4.31 Å². The summed E-state index contributed by atoms with van der Waals surface area (Å²) in [5.41, 5.74) is 2.02. The number of benzene rings is 2. The molecule has 1 aromatic heterocycles. The molecule has 0 unspecified atom stereocenters. The maximum atomic E-state index is 12.8. The summed E-state index contributed by atoms with van der Waals surface area (Å²) in [6.45, 7) is 4.75. The molecule has 9 nitrogen and oxygen atoms in total. The number of likely N-dealkylation sites (N-methyl/N-ethyl adjacent to an activating group) is 1. The second-order valence-corrected chi connectivity index (χ2v) is 9.56. The normalized spacial score (nSPS) is 11.8. The lowest BCUT2D eigenvalue weighted by atomic mass is 10.2. The number of aromatic nitrogens is 2. The van der Waals surface area contributed by atoms with Crippen molar-refractivity contribution in [3.8, 4) is 0 Å². The van der Waals surface area contributed by atoms with Gasteiger partial charge in [0.2, 0.25) is 21.9 Å². The number of Topliss-reactive ketones (excluding diaryl/α,β-unsaturated/α-hetero) is 1. The Kier molecular flexibility index (Phi) is 7.96. The molecule has 1 amide bonds. The number of ketones is 1. The zero-order valence-corrected chi connectivity index (χ0v) is 19.8. The number of carbonyl (C=O) groups excluding carboxylic acids is 2. The molecule has 0 bridgehead atoms. The Balaban J connectivity index is 1.73. The molecule has 1 N–H and O–H groups in total. The molecule has 0 aliphatic heterocycles. The first-order valence-corrected chi connectivity index (χ1v) is 12.1. The van der Waals surface area contributed by atoms with Gasteiger partial charge >= 0.3 is 0 Å². The first-order chi connectivity index (χ1) is 15.7. The lowest BCUT2D eigenvalue weighted by Gasteiger charge is -2.17. The highest BCUT2D eigenvalue weighted by Gasteiger charge is 2.24. The summed E-state index contributed by atoms with van der Waals surface area (Å²) in [6, 6.07) is 13.2. The second-order valence-electron chi connectivity index (χ2n) is 7.52. The smallest absolute Gasteiger partial charge is 0.243 e. The molecular formula is C23H28N4O5S. The molecular weight excluding hydrogens is 444 g/mol. The van der Waals surface area contributed by atoms with Gasteiger partial charge in [0, 0.05) is 32.4 Å². The quantitative estimate of drug-likeness (QED) is 0.339. The summed E-state index contributed by atoms with van der Waals surface area (Å²) in [5.74, 6) is -0.312. The molecule has 0 aliphatic rings. The third-order valence-electron chi connectivity index (χ3n) is 5.12. The van der Waals surface area contributed by atoms with Gasteiger partial charge in [-0.3, -0.25) is 14.9 Å². The molecule has 33 heavy (non-hydrogen) atoms. The van der Waals surface area contributed by atoms with Crippen LogP contribution in [0.5, 0.6) is 0 Å². The van der Waals surface area contributed by atoms with Gasteiger partial charge in [0.1, 0.15) is 0 Å². The van der Waals surface area contributed by atoms with Crippen molar-refractivity contribution in [2.45, 2.75) is 31.7 Å². The van der Waals surface area contributed by atoms with Crippen LogP contribution in [0.15, 0.2) is 53.4 Å². The van der Waals surface area contributed by atoms with E-state index in [1.54, 1.807) is 0 Å². The molecule has 10 heteroatoms. The summed E-state index contributed by atoms with van der Waals surface area (Å²) in [5, 5.41) is 2.74. The van der Waals surface area contributed by atoms with Crippen molar-refractivity contribution in [2.24, 2.45) is 0 Å². The van der Waals surface area contributed by atoms with Crippen LogP contribution in [-0.4, -0.2) is 60.8 Å². The average Bonchev–Trinajstić information content (AvgIpc) is 3.13. The highest BCUT2D eigenvalue weighted by atomic mass is 32.2. The highest BCUT2D eigenvalue weighted by molar-refractivity contribution is 7.89. The van der Waals surface area contributed by atoms with E-state index in [-0.39, 0.29) is 17.2 Å². The molecule has 0 fully saturated rings. The molecule has 1 heterocycles. The van der Waals surface area contributed by atoms with Crippen molar-refractivity contribution < 1.29 is 22.7 Å². The number of imidazole rings is 1. The number of nitrogens with zero attached hydrogens (tertiary/aromatic N) is 3. The first-order valence-electron chi connectivity index (χ1n) is 10.6. The number of rotatable bonds is 11. The fraction of sp³-hybridized carbons (Fsp3) is 0.348. The number of para-hydroxylation sites is 2. The van der Waals surface area contributed by atoms with Gasteiger partial charge in [0.15, 0.2) is 5.78 Å². The van der Waals surface area contributed by atoms with Crippen molar-refractivity contribution in [3.63, 3.8) is 0 Å². The van der Waals surface area contributed by atoms with Crippen LogP contribution >= 0.6 is 0 Å². The van der Waals surface area contributed by atoms with Crippen molar-refractivity contribution >= 4 is 38.7 Å². The average molecular weight is 473 g/mol. The fourth-order valence-corrected chi connectivity index (χ4v) is 4.49. The van der Waals surface area contributed by atoms with Crippen LogP contribution in [0, 0.1) is 0 Å². The van der Waals surface area contributed by atoms with E-state index in [4.69, 9.17) is 4.74 Å². The number of sulfonamides is 1. The van der Waals surface area contributed by atoms with E-state index in [1.165, 1.54) is 38.2 Å². The number of aryl methyl sites for hydroxylation is 1. The Morgan fingerprint density at radius 2 is 1.82 bits per heavy atom. The lowest BCUT2D eigenvalue weighted by Crippen LogP contribution is -2.35. The summed E-state index contributed by atoms with van der Waals surface area (Å²) in [6.07, 6.45) is 0.738. The Morgan fingerprint density at radius 3 is 2.48 bits per heavy atom. The van der Waals surface area contributed by atoms with Crippen molar-refractivity contribution in [3.05, 3.63) is 54.1 Å². The standard InChI is InChI=1S/C23H28N4O5S/c1-4-32-15-7-14-27-21-9-6-5-8-20(21)24-23(27)25-22(29)16-26(3)33(30,31)19-12-10-18(11-13-19)17(2)28/h5-6,8-13H,4,7,14-16H2,1-3H3,(H,24,25,29). The van der Waals surface area contributed by atoms with E-state index < -0.39 is 15.9 Å². The Bertz CT molecular complexity index is 1240. The van der Waals surface area contributed by atoms with Crippen LogP contribution in [0.1, 0.15) is 30.6 Å². The van der Waals surface area contributed by atoms with Gasteiger partial charge in [-0.1, -0.05) is 24.3 Å². The summed E-state index contributed by atoms with van der Waals surface area (Å²) in [4.78, 5) is 28.6. The lowest BCUT2D eigenvalue weighted by molar-refractivity contribution is -0.116. The number of carbonyl (C=O) groups is 2. The van der Waals surface area contributed by atoms with E-state index in [0.717, 1.165) is 21.8 Å². The third kappa shape index (κ3) is 5.84. The van der Waals surface area contributed by atoms with Gasteiger partial charge < -0.3 is 9.30 Å². The van der Waals surface area contributed by atoms with Crippen LogP contribution in [0.3, 0.4) is 0 Å². The predicted octanol–water partition coefficient (Wildman–Crippen LogP) is 2.92.